The van der Waals surface area contributed by atoms with Crippen molar-refractivity contribution in [3.8, 4) is 0 Å². The van der Waals surface area contributed by atoms with Crippen LogP contribution in [0.25, 0.3) is 0 Å². The molecule has 1 heterocycles. The molecule has 2 atom stereocenters. The van der Waals surface area contributed by atoms with E-state index in [0.29, 0.717) is 12.2 Å². The van der Waals surface area contributed by atoms with Gasteiger partial charge in [0.15, 0.2) is 0 Å². The standard InChI is InChI=1S/C10H21NO/c1-3-4-5-10-6-7-11-8-9(2)12-10/h9-11H,3-8H2,1-2H3. The monoisotopic (exact) mass is 171 g/mol. The van der Waals surface area contributed by atoms with Crippen LogP contribution in [0.2, 0.25) is 0 Å². The Morgan fingerprint density at radius 3 is 3.08 bits per heavy atom. The van der Waals surface area contributed by atoms with Gasteiger partial charge in [-0.2, -0.15) is 0 Å². The van der Waals surface area contributed by atoms with Crippen LogP contribution in [0.5, 0.6) is 0 Å². The second-order valence-electron chi connectivity index (χ2n) is 3.70. The molecule has 1 aliphatic heterocycles. The largest absolute Gasteiger partial charge is 0.374 e. The molecule has 72 valence electrons. The lowest BCUT2D eigenvalue weighted by molar-refractivity contribution is 0.00358. The third-order valence-electron chi connectivity index (χ3n) is 2.38. The zero-order valence-corrected chi connectivity index (χ0v) is 8.31. The number of rotatable bonds is 3. The van der Waals surface area contributed by atoms with E-state index >= 15 is 0 Å². The molecule has 0 saturated carbocycles. The average molecular weight is 171 g/mol. The zero-order valence-electron chi connectivity index (χ0n) is 8.31. The van der Waals surface area contributed by atoms with E-state index in [0.717, 1.165) is 13.1 Å². The van der Waals surface area contributed by atoms with Gasteiger partial charge in [0.1, 0.15) is 0 Å². The van der Waals surface area contributed by atoms with E-state index in [1.807, 2.05) is 0 Å². The average Bonchev–Trinajstić information content (AvgIpc) is 2.26. The number of hydrogen-bond donors (Lipinski definition) is 1. The van der Waals surface area contributed by atoms with Crippen LogP contribution >= 0.6 is 0 Å². The number of nitrogens with one attached hydrogen (secondary N) is 1. The molecular weight excluding hydrogens is 150 g/mol. The van der Waals surface area contributed by atoms with Gasteiger partial charge >= 0.3 is 0 Å². The van der Waals surface area contributed by atoms with Crippen molar-refractivity contribution >= 4 is 0 Å². The zero-order chi connectivity index (χ0) is 8.81. The molecule has 0 radical (unpaired) electrons. The minimum Gasteiger partial charge on any atom is -0.374 e. The summed E-state index contributed by atoms with van der Waals surface area (Å²) in [4.78, 5) is 0. The Labute approximate surface area is 75.7 Å². The molecule has 0 aromatic rings. The summed E-state index contributed by atoms with van der Waals surface area (Å²) in [5.41, 5.74) is 0. The SMILES string of the molecule is CCCCC1CCNCC(C)O1. The lowest BCUT2D eigenvalue weighted by Crippen LogP contribution is -2.23. The maximum atomic E-state index is 5.85. The first-order chi connectivity index (χ1) is 5.83. The van der Waals surface area contributed by atoms with E-state index in [1.54, 1.807) is 0 Å². The first-order valence-corrected chi connectivity index (χ1v) is 5.19. The minimum atomic E-state index is 0.398. The highest BCUT2D eigenvalue weighted by Gasteiger charge is 2.15. The van der Waals surface area contributed by atoms with Crippen LogP contribution in [-0.2, 0) is 4.74 Å². The Kier molecular flexibility index (Phi) is 4.62. The molecule has 0 aromatic heterocycles. The van der Waals surface area contributed by atoms with Crippen LogP contribution in [0.4, 0.5) is 0 Å². The molecular formula is C10H21NO. The Morgan fingerprint density at radius 2 is 2.33 bits per heavy atom. The van der Waals surface area contributed by atoms with Crippen molar-refractivity contribution in [3.63, 3.8) is 0 Å². The smallest absolute Gasteiger partial charge is 0.0675 e. The van der Waals surface area contributed by atoms with Gasteiger partial charge in [0.2, 0.25) is 0 Å². The van der Waals surface area contributed by atoms with Gasteiger partial charge in [-0.05, 0) is 26.3 Å². The van der Waals surface area contributed by atoms with Gasteiger partial charge in [-0.25, -0.2) is 0 Å². The fourth-order valence-corrected chi connectivity index (χ4v) is 1.66. The van der Waals surface area contributed by atoms with Crippen LogP contribution < -0.4 is 5.32 Å². The van der Waals surface area contributed by atoms with Crippen LogP contribution in [0.15, 0.2) is 0 Å². The Bertz CT molecular complexity index is 116. The predicted octanol–water partition coefficient (Wildman–Crippen LogP) is 1.94. The Balaban J connectivity index is 2.21. The molecule has 0 spiro atoms. The van der Waals surface area contributed by atoms with Gasteiger partial charge in [-0.1, -0.05) is 19.8 Å². The molecule has 12 heavy (non-hydrogen) atoms. The first kappa shape index (κ1) is 10.0. The van der Waals surface area contributed by atoms with E-state index in [2.05, 4.69) is 19.2 Å². The molecule has 2 nitrogen and oxygen atoms in total. The predicted molar refractivity (Wildman–Crippen MR) is 51.3 cm³/mol. The molecule has 2 unspecified atom stereocenters. The van der Waals surface area contributed by atoms with Crippen molar-refractivity contribution in [2.45, 2.75) is 51.7 Å². The third-order valence-corrected chi connectivity index (χ3v) is 2.38. The molecule has 0 aliphatic carbocycles. The maximum Gasteiger partial charge on any atom is 0.0675 e. The minimum absolute atomic E-state index is 0.398. The molecule has 1 aliphatic rings. The quantitative estimate of drug-likeness (QED) is 0.700. The maximum absolute atomic E-state index is 5.85. The fraction of sp³-hybridized carbons (Fsp3) is 1.00. The number of ether oxygens (including phenoxy) is 1. The molecule has 2 heteroatoms. The fourth-order valence-electron chi connectivity index (χ4n) is 1.66. The van der Waals surface area contributed by atoms with E-state index < -0.39 is 0 Å². The van der Waals surface area contributed by atoms with Crippen LogP contribution in [-0.4, -0.2) is 25.3 Å². The van der Waals surface area contributed by atoms with Crippen molar-refractivity contribution in [1.29, 1.82) is 0 Å². The van der Waals surface area contributed by atoms with E-state index in [1.165, 1.54) is 25.7 Å². The summed E-state index contributed by atoms with van der Waals surface area (Å²) in [6, 6.07) is 0. The molecule has 0 aromatic carbocycles. The lowest BCUT2D eigenvalue weighted by Gasteiger charge is -2.17. The normalized spacial score (nSPS) is 31.5. The second kappa shape index (κ2) is 5.55. The van der Waals surface area contributed by atoms with Gasteiger partial charge in [0.05, 0.1) is 12.2 Å². The molecule has 1 N–H and O–H groups in total. The number of unbranched alkanes of at least 4 members (excludes halogenated alkanes) is 1. The van der Waals surface area contributed by atoms with E-state index in [4.69, 9.17) is 4.74 Å². The van der Waals surface area contributed by atoms with Gasteiger partial charge in [-0.3, -0.25) is 0 Å². The second-order valence-corrected chi connectivity index (χ2v) is 3.70. The van der Waals surface area contributed by atoms with Crippen molar-refractivity contribution in [3.05, 3.63) is 0 Å². The van der Waals surface area contributed by atoms with Gasteiger partial charge in [0, 0.05) is 6.54 Å². The summed E-state index contributed by atoms with van der Waals surface area (Å²) in [5.74, 6) is 0. The summed E-state index contributed by atoms with van der Waals surface area (Å²) >= 11 is 0. The Hall–Kier alpha value is -0.0800. The summed E-state index contributed by atoms with van der Waals surface area (Å²) < 4.78 is 5.85. The summed E-state index contributed by atoms with van der Waals surface area (Å²) in [5, 5.41) is 3.38. The van der Waals surface area contributed by atoms with Crippen molar-refractivity contribution in [1.82, 2.24) is 5.32 Å². The summed E-state index contributed by atoms with van der Waals surface area (Å²) in [6.45, 7) is 6.52. The first-order valence-electron chi connectivity index (χ1n) is 5.19. The van der Waals surface area contributed by atoms with Crippen molar-refractivity contribution < 1.29 is 4.74 Å². The third kappa shape index (κ3) is 3.55. The van der Waals surface area contributed by atoms with Crippen molar-refractivity contribution in [2.24, 2.45) is 0 Å². The van der Waals surface area contributed by atoms with Crippen molar-refractivity contribution in [2.75, 3.05) is 13.1 Å². The highest BCUT2D eigenvalue weighted by Crippen LogP contribution is 2.12. The van der Waals surface area contributed by atoms with Gasteiger partial charge in [0.25, 0.3) is 0 Å². The lowest BCUT2D eigenvalue weighted by atomic mass is 10.1. The molecule has 1 saturated heterocycles. The van der Waals surface area contributed by atoms with E-state index in [-0.39, 0.29) is 0 Å². The van der Waals surface area contributed by atoms with Gasteiger partial charge < -0.3 is 10.1 Å². The highest BCUT2D eigenvalue weighted by atomic mass is 16.5. The molecule has 0 amide bonds. The molecule has 1 rings (SSSR count). The summed E-state index contributed by atoms with van der Waals surface area (Å²) in [7, 11) is 0. The molecule has 0 bridgehead atoms. The molecule has 1 fully saturated rings. The Morgan fingerprint density at radius 1 is 1.50 bits per heavy atom. The highest BCUT2D eigenvalue weighted by molar-refractivity contribution is 4.68. The van der Waals surface area contributed by atoms with Crippen LogP contribution in [0.1, 0.15) is 39.5 Å². The summed E-state index contributed by atoms with van der Waals surface area (Å²) in [6.07, 6.45) is 5.91. The van der Waals surface area contributed by atoms with Gasteiger partial charge in [-0.15, -0.1) is 0 Å². The number of hydrogen-bond acceptors (Lipinski definition) is 2. The van der Waals surface area contributed by atoms with Crippen LogP contribution in [0.3, 0.4) is 0 Å². The van der Waals surface area contributed by atoms with E-state index in [9.17, 15) is 0 Å². The van der Waals surface area contributed by atoms with Crippen LogP contribution in [0, 0.1) is 0 Å². The topological polar surface area (TPSA) is 21.3 Å².